The molecule has 0 spiro atoms. The Kier molecular flexibility index (Phi) is 11.9. The first-order valence-corrected chi connectivity index (χ1v) is 9.46. The second-order valence-corrected chi connectivity index (χ2v) is 6.09. The van der Waals surface area contributed by atoms with Crippen LogP contribution in [0.4, 0.5) is 0 Å². The summed E-state index contributed by atoms with van der Waals surface area (Å²) in [5.41, 5.74) is 2.15. The number of aromatic nitrogens is 1. The maximum atomic E-state index is 12.5. The van der Waals surface area contributed by atoms with Crippen molar-refractivity contribution in [1.82, 2.24) is 20.5 Å². The molecule has 1 aromatic carbocycles. The van der Waals surface area contributed by atoms with Crippen molar-refractivity contribution in [3.8, 4) is 0 Å². The lowest BCUT2D eigenvalue weighted by Crippen LogP contribution is -2.40. The number of carbonyl (C=O) groups excluding carboxylic acids is 1. The number of nitrogens with zero attached hydrogens (tertiary/aromatic N) is 3. The summed E-state index contributed by atoms with van der Waals surface area (Å²) in [5.74, 6) is 0.667. The van der Waals surface area contributed by atoms with Gasteiger partial charge in [0.2, 0.25) is 5.91 Å². The third-order valence-corrected chi connectivity index (χ3v) is 4.07. The van der Waals surface area contributed by atoms with E-state index in [-0.39, 0.29) is 36.4 Å². The number of benzene rings is 1. The molecule has 28 heavy (non-hydrogen) atoms. The molecule has 0 atom stereocenters. The van der Waals surface area contributed by atoms with Gasteiger partial charge in [0.1, 0.15) is 6.54 Å². The monoisotopic (exact) mass is 495 g/mol. The maximum Gasteiger partial charge on any atom is 0.244 e. The highest BCUT2D eigenvalue weighted by Gasteiger charge is 2.12. The van der Waals surface area contributed by atoms with Gasteiger partial charge in [0, 0.05) is 44.5 Å². The second kappa shape index (κ2) is 13.9. The van der Waals surface area contributed by atoms with Crippen molar-refractivity contribution in [3.63, 3.8) is 0 Å². The van der Waals surface area contributed by atoms with Gasteiger partial charge in [-0.25, -0.2) is 4.99 Å². The molecule has 0 saturated carbocycles. The molecule has 1 heterocycles. The number of carbonyl (C=O) groups is 1. The standard InChI is InChI=1S/C21H29N5O.HI/c1-3-22-21(24-15-13-19-12-8-9-14-23-19)25-16-20(27)26(4-2)17-18-10-6-5-7-11-18;/h5-12,14H,3-4,13,15-17H2,1-2H3,(H2,22,24,25);1H. The maximum absolute atomic E-state index is 12.5. The highest BCUT2D eigenvalue weighted by Crippen LogP contribution is 2.04. The van der Waals surface area contributed by atoms with Crippen molar-refractivity contribution in [2.24, 2.45) is 4.99 Å². The highest BCUT2D eigenvalue weighted by atomic mass is 127. The summed E-state index contributed by atoms with van der Waals surface area (Å²) in [6.45, 7) is 6.83. The Morgan fingerprint density at radius 3 is 2.46 bits per heavy atom. The fourth-order valence-electron chi connectivity index (χ4n) is 2.62. The number of halogens is 1. The number of aliphatic imine (C=N–C) groups is 1. The van der Waals surface area contributed by atoms with Crippen molar-refractivity contribution in [3.05, 3.63) is 66.0 Å². The van der Waals surface area contributed by atoms with Gasteiger partial charge in [0.15, 0.2) is 5.96 Å². The molecule has 152 valence electrons. The van der Waals surface area contributed by atoms with E-state index < -0.39 is 0 Å². The number of nitrogens with one attached hydrogen (secondary N) is 2. The van der Waals surface area contributed by atoms with Crippen LogP contribution in [0.15, 0.2) is 59.7 Å². The summed E-state index contributed by atoms with van der Waals surface area (Å²) >= 11 is 0. The number of rotatable bonds is 9. The van der Waals surface area contributed by atoms with Gasteiger partial charge in [-0.2, -0.15) is 0 Å². The van der Waals surface area contributed by atoms with Crippen LogP contribution in [0.25, 0.3) is 0 Å². The minimum Gasteiger partial charge on any atom is -0.357 e. The molecule has 1 aromatic heterocycles. The van der Waals surface area contributed by atoms with Gasteiger partial charge in [0.05, 0.1) is 0 Å². The van der Waals surface area contributed by atoms with Crippen LogP contribution in [-0.2, 0) is 17.8 Å². The molecule has 1 amide bonds. The molecular formula is C21H30IN5O. The van der Waals surface area contributed by atoms with Crippen molar-refractivity contribution in [2.75, 3.05) is 26.2 Å². The van der Waals surface area contributed by atoms with Crippen LogP contribution in [0.3, 0.4) is 0 Å². The van der Waals surface area contributed by atoms with Gasteiger partial charge in [-0.15, -0.1) is 24.0 Å². The molecule has 2 N–H and O–H groups in total. The Morgan fingerprint density at radius 1 is 1.07 bits per heavy atom. The predicted molar refractivity (Wildman–Crippen MR) is 125 cm³/mol. The first-order chi connectivity index (χ1) is 13.2. The van der Waals surface area contributed by atoms with E-state index in [0.29, 0.717) is 25.6 Å². The molecular weight excluding hydrogens is 465 g/mol. The lowest BCUT2D eigenvalue weighted by molar-refractivity contribution is -0.130. The zero-order valence-corrected chi connectivity index (χ0v) is 18.9. The van der Waals surface area contributed by atoms with Crippen LogP contribution < -0.4 is 10.6 Å². The summed E-state index contributed by atoms with van der Waals surface area (Å²) in [5, 5.41) is 6.44. The molecule has 0 aliphatic heterocycles. The van der Waals surface area contributed by atoms with Gasteiger partial charge < -0.3 is 15.5 Å². The second-order valence-electron chi connectivity index (χ2n) is 6.09. The number of likely N-dealkylation sites (N-methyl/N-ethyl adjacent to an activating group) is 1. The Bertz CT molecular complexity index is 709. The predicted octanol–water partition coefficient (Wildman–Crippen LogP) is 2.85. The van der Waals surface area contributed by atoms with Crippen molar-refractivity contribution in [2.45, 2.75) is 26.8 Å². The molecule has 0 radical (unpaired) electrons. The van der Waals surface area contributed by atoms with E-state index in [1.807, 2.05) is 67.3 Å². The molecule has 0 aliphatic carbocycles. The van der Waals surface area contributed by atoms with Crippen LogP contribution in [-0.4, -0.2) is 47.9 Å². The van der Waals surface area contributed by atoms with Gasteiger partial charge in [-0.05, 0) is 31.5 Å². The van der Waals surface area contributed by atoms with E-state index in [1.54, 1.807) is 6.20 Å². The quantitative estimate of drug-likeness (QED) is 0.319. The number of hydrogen-bond donors (Lipinski definition) is 2. The summed E-state index contributed by atoms with van der Waals surface area (Å²) < 4.78 is 0. The largest absolute Gasteiger partial charge is 0.357 e. The smallest absolute Gasteiger partial charge is 0.244 e. The molecule has 0 fully saturated rings. The minimum absolute atomic E-state index is 0. The molecule has 0 aliphatic rings. The van der Waals surface area contributed by atoms with E-state index in [4.69, 9.17) is 0 Å². The molecule has 0 saturated heterocycles. The molecule has 7 heteroatoms. The van der Waals surface area contributed by atoms with Crippen LogP contribution in [0.5, 0.6) is 0 Å². The fraction of sp³-hybridized carbons (Fsp3) is 0.381. The molecule has 0 unspecified atom stereocenters. The third kappa shape index (κ3) is 8.69. The SMILES string of the molecule is CCNC(=NCC(=O)N(CC)Cc1ccccc1)NCCc1ccccn1.I. The lowest BCUT2D eigenvalue weighted by atomic mass is 10.2. The number of guanidine groups is 1. The summed E-state index contributed by atoms with van der Waals surface area (Å²) in [4.78, 5) is 23.1. The van der Waals surface area contributed by atoms with Gasteiger partial charge in [0.25, 0.3) is 0 Å². The first kappa shape index (κ1) is 23.9. The molecule has 6 nitrogen and oxygen atoms in total. The fourth-order valence-corrected chi connectivity index (χ4v) is 2.62. The summed E-state index contributed by atoms with van der Waals surface area (Å²) in [6.07, 6.45) is 2.59. The van der Waals surface area contributed by atoms with Crippen LogP contribution in [0, 0.1) is 0 Å². The number of amides is 1. The average molecular weight is 495 g/mol. The molecule has 2 rings (SSSR count). The number of pyridine rings is 1. The zero-order chi connectivity index (χ0) is 19.3. The Balaban J connectivity index is 0.00000392. The zero-order valence-electron chi connectivity index (χ0n) is 16.6. The number of hydrogen-bond acceptors (Lipinski definition) is 3. The first-order valence-electron chi connectivity index (χ1n) is 9.46. The highest BCUT2D eigenvalue weighted by molar-refractivity contribution is 14.0. The topological polar surface area (TPSA) is 69.6 Å². The Labute approximate surface area is 184 Å². The third-order valence-electron chi connectivity index (χ3n) is 4.07. The normalized spacial score (nSPS) is 10.7. The van der Waals surface area contributed by atoms with Crippen molar-refractivity contribution >= 4 is 35.8 Å². The summed E-state index contributed by atoms with van der Waals surface area (Å²) in [6, 6.07) is 15.9. The van der Waals surface area contributed by atoms with Crippen molar-refractivity contribution in [1.29, 1.82) is 0 Å². The van der Waals surface area contributed by atoms with Gasteiger partial charge >= 0.3 is 0 Å². The van der Waals surface area contributed by atoms with E-state index in [2.05, 4.69) is 20.6 Å². The van der Waals surface area contributed by atoms with Crippen molar-refractivity contribution < 1.29 is 4.79 Å². The van der Waals surface area contributed by atoms with Crippen LogP contribution in [0.2, 0.25) is 0 Å². The summed E-state index contributed by atoms with van der Waals surface area (Å²) in [7, 11) is 0. The van der Waals surface area contributed by atoms with Gasteiger partial charge in [-0.3, -0.25) is 9.78 Å². The van der Waals surface area contributed by atoms with Gasteiger partial charge in [-0.1, -0.05) is 36.4 Å². The Hall–Kier alpha value is -2.16. The van der Waals surface area contributed by atoms with Crippen LogP contribution in [0.1, 0.15) is 25.1 Å². The van der Waals surface area contributed by atoms with E-state index in [1.165, 1.54) is 0 Å². The van der Waals surface area contributed by atoms with E-state index >= 15 is 0 Å². The van der Waals surface area contributed by atoms with E-state index in [0.717, 1.165) is 24.2 Å². The molecule has 2 aromatic rings. The minimum atomic E-state index is 0. The average Bonchev–Trinajstić information content (AvgIpc) is 2.71. The Morgan fingerprint density at radius 2 is 1.82 bits per heavy atom. The molecule has 0 bridgehead atoms. The van der Waals surface area contributed by atoms with Crippen LogP contribution >= 0.6 is 24.0 Å². The lowest BCUT2D eigenvalue weighted by Gasteiger charge is -2.20. The van der Waals surface area contributed by atoms with E-state index in [9.17, 15) is 4.79 Å².